The van der Waals surface area contributed by atoms with E-state index in [2.05, 4.69) is 5.32 Å². The minimum Gasteiger partial charge on any atom is -0.477 e. The second-order valence-electron chi connectivity index (χ2n) is 4.44. The Kier molecular flexibility index (Phi) is 4.07. The summed E-state index contributed by atoms with van der Waals surface area (Å²) in [4.78, 5) is 33.1. The number of carboxylic acids is 1. The van der Waals surface area contributed by atoms with E-state index in [0.717, 1.165) is 11.3 Å². The van der Waals surface area contributed by atoms with Crippen LogP contribution in [0.5, 0.6) is 0 Å². The number of carbonyl (C=O) groups is 3. The third-order valence-corrected chi connectivity index (χ3v) is 2.75. The highest BCUT2D eigenvalue weighted by molar-refractivity contribution is 7.16. The van der Waals surface area contributed by atoms with Gasteiger partial charge in [0.05, 0.1) is 10.6 Å². The van der Waals surface area contributed by atoms with Crippen LogP contribution < -0.4 is 5.32 Å². The number of amides is 1. The molecule has 1 heterocycles. The summed E-state index contributed by atoms with van der Waals surface area (Å²) in [7, 11) is 0. The Balaban J connectivity index is 2.90. The first-order valence-electron chi connectivity index (χ1n) is 5.05. The molecule has 1 amide bonds. The largest absolute Gasteiger partial charge is 0.477 e. The number of rotatable bonds is 3. The van der Waals surface area contributed by atoms with Gasteiger partial charge in [-0.15, -0.1) is 11.3 Å². The first kappa shape index (κ1) is 14.2. The van der Waals surface area contributed by atoms with E-state index in [-0.39, 0.29) is 15.4 Å². The molecule has 0 aliphatic heterocycles. The molecule has 0 aliphatic rings. The third-order valence-electron chi connectivity index (χ3n) is 1.70. The molecule has 0 aromatic carbocycles. The first-order valence-corrected chi connectivity index (χ1v) is 5.87. The standard InChI is InChI=1S/C11H13NO5S/c1-11(2,3)17-10(16)12-7-4-6(5-13)18-8(7)9(14)15/h4-5H,1-3H3,(H,12,16)(H,14,15). The lowest BCUT2D eigenvalue weighted by Crippen LogP contribution is -2.27. The predicted molar refractivity (Wildman–Crippen MR) is 66.5 cm³/mol. The van der Waals surface area contributed by atoms with E-state index < -0.39 is 17.7 Å². The van der Waals surface area contributed by atoms with Gasteiger partial charge in [0.1, 0.15) is 10.5 Å². The van der Waals surface area contributed by atoms with Crippen LogP contribution in [-0.4, -0.2) is 29.1 Å². The molecule has 0 unspecified atom stereocenters. The summed E-state index contributed by atoms with van der Waals surface area (Å²) >= 11 is 0.790. The molecule has 0 spiro atoms. The molecule has 0 bridgehead atoms. The molecule has 98 valence electrons. The molecule has 7 heteroatoms. The Morgan fingerprint density at radius 3 is 2.50 bits per heavy atom. The monoisotopic (exact) mass is 271 g/mol. The fourth-order valence-corrected chi connectivity index (χ4v) is 1.90. The number of aldehydes is 1. The van der Waals surface area contributed by atoms with Crippen molar-refractivity contribution in [1.29, 1.82) is 0 Å². The van der Waals surface area contributed by atoms with Gasteiger partial charge < -0.3 is 9.84 Å². The van der Waals surface area contributed by atoms with Crippen molar-refractivity contribution in [2.75, 3.05) is 5.32 Å². The molecule has 18 heavy (non-hydrogen) atoms. The van der Waals surface area contributed by atoms with Crippen molar-refractivity contribution >= 4 is 35.4 Å². The van der Waals surface area contributed by atoms with Crippen LogP contribution in [0.4, 0.5) is 10.5 Å². The van der Waals surface area contributed by atoms with Crippen molar-refractivity contribution in [3.8, 4) is 0 Å². The summed E-state index contributed by atoms with van der Waals surface area (Å²) in [6.45, 7) is 5.07. The minimum atomic E-state index is -1.21. The molecular formula is C11H13NO5S. The van der Waals surface area contributed by atoms with Crippen LogP contribution in [0.25, 0.3) is 0 Å². The average molecular weight is 271 g/mol. The molecule has 1 rings (SSSR count). The number of aromatic carboxylic acids is 1. The van der Waals surface area contributed by atoms with E-state index in [0.29, 0.717) is 6.29 Å². The van der Waals surface area contributed by atoms with E-state index in [1.165, 1.54) is 6.07 Å². The van der Waals surface area contributed by atoms with Crippen molar-refractivity contribution in [1.82, 2.24) is 0 Å². The molecule has 6 nitrogen and oxygen atoms in total. The summed E-state index contributed by atoms with van der Waals surface area (Å²) in [5, 5.41) is 11.2. The van der Waals surface area contributed by atoms with Crippen LogP contribution in [0.2, 0.25) is 0 Å². The maximum Gasteiger partial charge on any atom is 0.412 e. The summed E-state index contributed by atoms with van der Waals surface area (Å²) in [5.41, 5.74) is -0.624. The maximum absolute atomic E-state index is 11.5. The molecule has 0 fully saturated rings. The zero-order valence-corrected chi connectivity index (χ0v) is 11.0. The van der Waals surface area contributed by atoms with Crippen molar-refractivity contribution in [3.63, 3.8) is 0 Å². The lowest BCUT2D eigenvalue weighted by Gasteiger charge is -2.19. The Labute approximate surface area is 108 Å². The van der Waals surface area contributed by atoms with Crippen molar-refractivity contribution in [3.05, 3.63) is 15.8 Å². The van der Waals surface area contributed by atoms with Crippen LogP contribution in [0.15, 0.2) is 6.07 Å². The molecule has 1 aromatic rings. The topological polar surface area (TPSA) is 92.7 Å². The number of ether oxygens (including phenoxy) is 1. The molecule has 0 atom stereocenters. The highest BCUT2D eigenvalue weighted by atomic mass is 32.1. The Morgan fingerprint density at radius 2 is 2.06 bits per heavy atom. The van der Waals surface area contributed by atoms with Crippen LogP contribution >= 0.6 is 11.3 Å². The van der Waals surface area contributed by atoms with E-state index in [4.69, 9.17) is 9.84 Å². The Hall–Kier alpha value is -1.89. The number of carbonyl (C=O) groups excluding carboxylic acids is 2. The lowest BCUT2D eigenvalue weighted by atomic mass is 10.2. The third kappa shape index (κ3) is 3.85. The average Bonchev–Trinajstić information content (AvgIpc) is 2.57. The number of hydrogen-bond donors (Lipinski definition) is 2. The maximum atomic E-state index is 11.5. The Bertz CT molecular complexity index is 486. The van der Waals surface area contributed by atoms with Gasteiger partial charge in [0.25, 0.3) is 0 Å². The van der Waals surface area contributed by atoms with E-state index in [1.807, 2.05) is 0 Å². The van der Waals surface area contributed by atoms with Gasteiger partial charge in [-0.2, -0.15) is 0 Å². The van der Waals surface area contributed by atoms with Gasteiger partial charge in [-0.05, 0) is 26.8 Å². The summed E-state index contributed by atoms with van der Waals surface area (Å²) in [6, 6.07) is 1.30. The van der Waals surface area contributed by atoms with E-state index >= 15 is 0 Å². The zero-order valence-electron chi connectivity index (χ0n) is 10.1. The van der Waals surface area contributed by atoms with Gasteiger partial charge >= 0.3 is 12.1 Å². The fraction of sp³-hybridized carbons (Fsp3) is 0.364. The van der Waals surface area contributed by atoms with Crippen LogP contribution in [0.3, 0.4) is 0 Å². The van der Waals surface area contributed by atoms with Gasteiger partial charge in [-0.1, -0.05) is 0 Å². The van der Waals surface area contributed by atoms with Crippen LogP contribution in [0, 0.1) is 0 Å². The molecule has 1 aromatic heterocycles. The van der Waals surface area contributed by atoms with Crippen molar-refractivity contribution < 1.29 is 24.2 Å². The quantitative estimate of drug-likeness (QED) is 0.824. The lowest BCUT2D eigenvalue weighted by molar-refractivity contribution is 0.0636. The van der Waals surface area contributed by atoms with Gasteiger partial charge in [-0.3, -0.25) is 10.1 Å². The second-order valence-corrected chi connectivity index (χ2v) is 5.53. The molecule has 2 N–H and O–H groups in total. The summed E-state index contributed by atoms with van der Waals surface area (Å²) in [6.07, 6.45) is -0.238. The number of hydrogen-bond acceptors (Lipinski definition) is 5. The van der Waals surface area contributed by atoms with Crippen LogP contribution in [-0.2, 0) is 4.74 Å². The van der Waals surface area contributed by atoms with Gasteiger partial charge in [0, 0.05) is 0 Å². The smallest absolute Gasteiger partial charge is 0.412 e. The Morgan fingerprint density at radius 1 is 1.44 bits per heavy atom. The summed E-state index contributed by atoms with van der Waals surface area (Å²) < 4.78 is 4.99. The number of nitrogens with one attached hydrogen (secondary N) is 1. The number of carboxylic acid groups (broad SMARTS) is 1. The van der Waals surface area contributed by atoms with Gasteiger partial charge in [-0.25, -0.2) is 9.59 Å². The van der Waals surface area contributed by atoms with Crippen molar-refractivity contribution in [2.45, 2.75) is 26.4 Å². The molecule has 0 radical (unpaired) electrons. The molecule has 0 saturated heterocycles. The van der Waals surface area contributed by atoms with E-state index in [1.54, 1.807) is 20.8 Å². The molecule has 0 aliphatic carbocycles. The van der Waals surface area contributed by atoms with Gasteiger partial charge in [0.2, 0.25) is 0 Å². The minimum absolute atomic E-state index is 0.0591. The highest BCUT2D eigenvalue weighted by Gasteiger charge is 2.21. The highest BCUT2D eigenvalue weighted by Crippen LogP contribution is 2.26. The molecule has 0 saturated carbocycles. The number of anilines is 1. The summed E-state index contributed by atoms with van der Waals surface area (Å²) in [5.74, 6) is -1.21. The SMILES string of the molecule is CC(C)(C)OC(=O)Nc1cc(C=O)sc1C(=O)O. The second kappa shape index (κ2) is 5.18. The molecular weight excluding hydrogens is 258 g/mol. The van der Waals surface area contributed by atoms with Crippen molar-refractivity contribution in [2.24, 2.45) is 0 Å². The van der Waals surface area contributed by atoms with E-state index in [9.17, 15) is 14.4 Å². The zero-order chi connectivity index (χ0) is 13.9. The predicted octanol–water partition coefficient (Wildman–Crippen LogP) is 2.61. The van der Waals surface area contributed by atoms with Gasteiger partial charge in [0.15, 0.2) is 6.29 Å². The number of thiophene rings is 1. The van der Waals surface area contributed by atoms with Crippen LogP contribution in [0.1, 0.15) is 40.1 Å². The first-order chi connectivity index (χ1) is 8.23. The normalized spacial score (nSPS) is 10.8. The fourth-order valence-electron chi connectivity index (χ4n) is 1.13.